The molecule has 1 N–H and O–H groups in total. The number of nitrogens with one attached hydrogen (secondary N) is 1. The van der Waals surface area contributed by atoms with Crippen molar-refractivity contribution in [3.8, 4) is 0 Å². The van der Waals surface area contributed by atoms with Crippen LogP contribution < -0.4 is 5.32 Å². The Hall–Kier alpha value is -1.82. The zero-order valence-electron chi connectivity index (χ0n) is 9.38. The molecule has 0 heterocycles. The van der Waals surface area contributed by atoms with Crippen molar-refractivity contribution in [1.29, 1.82) is 0 Å². The summed E-state index contributed by atoms with van der Waals surface area (Å²) in [5.41, 5.74) is 0.308. The number of benzene rings is 2. The van der Waals surface area contributed by atoms with Crippen LogP contribution in [0.3, 0.4) is 0 Å². The maximum absolute atomic E-state index is 13.0. The van der Waals surface area contributed by atoms with E-state index >= 15 is 0 Å². The molecule has 1 amide bonds. The molecule has 0 aliphatic carbocycles. The molecule has 0 unspecified atom stereocenters. The van der Waals surface area contributed by atoms with E-state index in [2.05, 4.69) is 21.2 Å². The Morgan fingerprint density at radius 1 is 0.947 bits per heavy atom. The third-order valence-electron chi connectivity index (χ3n) is 2.36. The minimum Gasteiger partial charge on any atom is -0.322 e. The number of hydrogen-bond acceptors (Lipinski definition) is 1. The standard InChI is InChI=1S/C13H7BrF3NO/c14-9-5-7(1-3-10(9)15)13(19)18-8-2-4-11(16)12(17)6-8/h1-6H,(H,18,19). The molecule has 0 radical (unpaired) electrons. The monoisotopic (exact) mass is 329 g/mol. The van der Waals surface area contributed by atoms with E-state index < -0.39 is 23.4 Å². The van der Waals surface area contributed by atoms with Gasteiger partial charge in [0.2, 0.25) is 0 Å². The van der Waals surface area contributed by atoms with Crippen LogP contribution in [0.5, 0.6) is 0 Å². The SMILES string of the molecule is O=C(Nc1ccc(F)c(F)c1)c1ccc(F)c(Br)c1. The fourth-order valence-electron chi connectivity index (χ4n) is 1.41. The van der Waals surface area contributed by atoms with Crippen molar-refractivity contribution >= 4 is 27.5 Å². The molecule has 2 aromatic rings. The van der Waals surface area contributed by atoms with Gasteiger partial charge in [-0.3, -0.25) is 4.79 Å². The molecule has 0 bridgehead atoms. The summed E-state index contributed by atoms with van der Waals surface area (Å²) in [6.45, 7) is 0. The van der Waals surface area contributed by atoms with Crippen LogP contribution in [0, 0.1) is 17.5 Å². The molecule has 0 aliphatic rings. The Kier molecular flexibility index (Phi) is 3.90. The van der Waals surface area contributed by atoms with Gasteiger partial charge in [-0.15, -0.1) is 0 Å². The minimum absolute atomic E-state index is 0.115. The minimum atomic E-state index is -1.06. The molecule has 2 nitrogen and oxygen atoms in total. The average Bonchev–Trinajstić information content (AvgIpc) is 2.37. The van der Waals surface area contributed by atoms with Gasteiger partial charge in [0.25, 0.3) is 5.91 Å². The van der Waals surface area contributed by atoms with Crippen LogP contribution in [-0.4, -0.2) is 5.91 Å². The highest BCUT2D eigenvalue weighted by Gasteiger charge is 2.10. The molecule has 0 atom stereocenters. The molecule has 0 aliphatic heterocycles. The third-order valence-corrected chi connectivity index (χ3v) is 2.97. The lowest BCUT2D eigenvalue weighted by molar-refractivity contribution is 0.102. The van der Waals surface area contributed by atoms with Crippen molar-refractivity contribution in [3.05, 3.63) is 63.9 Å². The molecule has 2 aromatic carbocycles. The largest absolute Gasteiger partial charge is 0.322 e. The summed E-state index contributed by atoms with van der Waals surface area (Å²) in [5, 5.41) is 2.38. The Labute approximate surface area is 115 Å². The summed E-state index contributed by atoms with van der Waals surface area (Å²) < 4.78 is 38.8. The van der Waals surface area contributed by atoms with E-state index in [1.165, 1.54) is 18.2 Å². The van der Waals surface area contributed by atoms with Crippen LogP contribution in [0.1, 0.15) is 10.4 Å². The molecular weight excluding hydrogens is 323 g/mol. The normalized spacial score (nSPS) is 10.3. The fraction of sp³-hybridized carbons (Fsp3) is 0. The first-order chi connectivity index (χ1) is 8.97. The van der Waals surface area contributed by atoms with Gasteiger partial charge < -0.3 is 5.32 Å². The maximum atomic E-state index is 13.0. The van der Waals surface area contributed by atoms with Crippen molar-refractivity contribution in [1.82, 2.24) is 0 Å². The molecule has 19 heavy (non-hydrogen) atoms. The first kappa shape index (κ1) is 13.6. The van der Waals surface area contributed by atoms with Crippen molar-refractivity contribution < 1.29 is 18.0 Å². The van der Waals surface area contributed by atoms with Gasteiger partial charge in [-0.2, -0.15) is 0 Å². The Bertz CT molecular complexity index is 646. The smallest absolute Gasteiger partial charge is 0.255 e. The average molecular weight is 330 g/mol. The molecule has 6 heteroatoms. The summed E-state index contributed by atoms with van der Waals surface area (Å²) in [7, 11) is 0. The molecule has 0 saturated carbocycles. The molecule has 0 aromatic heterocycles. The van der Waals surface area contributed by atoms with Gasteiger partial charge in [-0.25, -0.2) is 13.2 Å². The van der Waals surface area contributed by atoms with Gasteiger partial charge in [-0.1, -0.05) is 0 Å². The van der Waals surface area contributed by atoms with Crippen LogP contribution >= 0.6 is 15.9 Å². The van der Waals surface area contributed by atoms with E-state index in [4.69, 9.17) is 0 Å². The number of anilines is 1. The van der Waals surface area contributed by atoms with E-state index in [-0.39, 0.29) is 15.7 Å². The summed E-state index contributed by atoms with van der Waals surface area (Å²) >= 11 is 2.96. The fourth-order valence-corrected chi connectivity index (χ4v) is 1.79. The summed E-state index contributed by atoms with van der Waals surface area (Å²) in [4.78, 5) is 11.8. The third kappa shape index (κ3) is 3.14. The Morgan fingerprint density at radius 3 is 2.26 bits per heavy atom. The summed E-state index contributed by atoms with van der Waals surface area (Å²) in [6.07, 6.45) is 0. The van der Waals surface area contributed by atoms with Gasteiger partial charge in [0.1, 0.15) is 5.82 Å². The number of hydrogen-bond donors (Lipinski definition) is 1. The van der Waals surface area contributed by atoms with E-state index in [1.807, 2.05) is 0 Å². The lowest BCUT2D eigenvalue weighted by Gasteiger charge is -2.06. The van der Waals surface area contributed by atoms with E-state index in [0.717, 1.165) is 18.2 Å². The lowest BCUT2D eigenvalue weighted by atomic mass is 10.2. The molecule has 0 spiro atoms. The Balaban J connectivity index is 2.20. The maximum Gasteiger partial charge on any atom is 0.255 e. The van der Waals surface area contributed by atoms with Gasteiger partial charge in [-0.05, 0) is 46.3 Å². The highest BCUT2D eigenvalue weighted by molar-refractivity contribution is 9.10. The predicted octanol–water partition coefficient (Wildman–Crippen LogP) is 4.12. The van der Waals surface area contributed by atoms with Crippen molar-refractivity contribution in [3.63, 3.8) is 0 Å². The number of amides is 1. The van der Waals surface area contributed by atoms with Crippen LogP contribution in [0.2, 0.25) is 0 Å². The molecular formula is C13H7BrF3NO. The number of rotatable bonds is 2. The first-order valence-electron chi connectivity index (χ1n) is 5.19. The zero-order valence-corrected chi connectivity index (χ0v) is 11.0. The molecule has 0 fully saturated rings. The predicted molar refractivity (Wildman–Crippen MR) is 68.4 cm³/mol. The van der Waals surface area contributed by atoms with Gasteiger partial charge in [0.15, 0.2) is 11.6 Å². The van der Waals surface area contributed by atoms with E-state index in [1.54, 1.807) is 0 Å². The summed E-state index contributed by atoms with van der Waals surface area (Å²) in [6, 6.07) is 6.72. The second-order valence-electron chi connectivity index (χ2n) is 3.71. The van der Waals surface area contributed by atoms with Crippen molar-refractivity contribution in [2.24, 2.45) is 0 Å². The first-order valence-corrected chi connectivity index (χ1v) is 5.98. The van der Waals surface area contributed by atoms with Gasteiger partial charge in [0.05, 0.1) is 4.47 Å². The van der Waals surface area contributed by atoms with Crippen LogP contribution in [0.4, 0.5) is 18.9 Å². The lowest BCUT2D eigenvalue weighted by Crippen LogP contribution is -2.12. The molecule has 0 saturated heterocycles. The van der Waals surface area contributed by atoms with E-state index in [9.17, 15) is 18.0 Å². The quantitative estimate of drug-likeness (QED) is 0.882. The molecule has 98 valence electrons. The van der Waals surface area contributed by atoms with E-state index in [0.29, 0.717) is 0 Å². The topological polar surface area (TPSA) is 29.1 Å². The number of carbonyl (C=O) groups is 1. The van der Waals surface area contributed by atoms with Gasteiger partial charge in [0, 0.05) is 17.3 Å². The second kappa shape index (κ2) is 5.44. The highest BCUT2D eigenvalue weighted by atomic mass is 79.9. The van der Waals surface area contributed by atoms with Gasteiger partial charge >= 0.3 is 0 Å². The van der Waals surface area contributed by atoms with Crippen LogP contribution in [0.15, 0.2) is 40.9 Å². The van der Waals surface area contributed by atoms with Crippen molar-refractivity contribution in [2.45, 2.75) is 0 Å². The number of halogens is 4. The number of carbonyl (C=O) groups excluding carboxylic acids is 1. The second-order valence-corrected chi connectivity index (χ2v) is 4.57. The zero-order chi connectivity index (χ0) is 14.0. The van der Waals surface area contributed by atoms with Crippen LogP contribution in [0.25, 0.3) is 0 Å². The Morgan fingerprint density at radius 2 is 1.63 bits per heavy atom. The van der Waals surface area contributed by atoms with Crippen LogP contribution in [-0.2, 0) is 0 Å². The molecule has 2 rings (SSSR count). The highest BCUT2D eigenvalue weighted by Crippen LogP contribution is 2.19. The van der Waals surface area contributed by atoms with Crippen molar-refractivity contribution in [2.75, 3.05) is 5.32 Å². The summed E-state index contributed by atoms with van der Waals surface area (Å²) in [5.74, 6) is -3.10.